The predicted octanol–water partition coefficient (Wildman–Crippen LogP) is 3.77. The van der Waals surface area contributed by atoms with Gasteiger partial charge in [0.25, 0.3) is 0 Å². The average molecular weight is 440 g/mol. The van der Waals surface area contributed by atoms with Gasteiger partial charge in [0.2, 0.25) is 5.91 Å². The van der Waals surface area contributed by atoms with E-state index < -0.39 is 9.84 Å². The van der Waals surface area contributed by atoms with Crippen molar-refractivity contribution in [3.8, 4) is 0 Å². The molecule has 1 amide bonds. The lowest BCUT2D eigenvalue weighted by molar-refractivity contribution is -0.122. The Morgan fingerprint density at radius 1 is 1.18 bits per heavy atom. The molecule has 1 aromatic heterocycles. The van der Waals surface area contributed by atoms with E-state index in [0.29, 0.717) is 26.9 Å². The number of hydrogen-bond acceptors (Lipinski definition) is 4. The molecule has 6 nitrogen and oxygen atoms in total. The molecule has 2 aromatic carbocycles. The van der Waals surface area contributed by atoms with Gasteiger partial charge in [0.15, 0.2) is 9.84 Å². The number of amides is 1. The lowest BCUT2D eigenvalue weighted by Crippen LogP contribution is -2.30. The standard InChI is InChI=1S/C19H19Cl2N3O3S/c1-12(13-7-8-14(20)15(21)9-13)22-19(25)10-24-17-6-4-3-5-16(17)23-18(24)11-28(2,26)27/h3-9,12H,10-11H2,1-2H3,(H,22,25). The van der Waals surface area contributed by atoms with Crippen LogP contribution in [-0.2, 0) is 26.9 Å². The first-order chi connectivity index (χ1) is 13.1. The fourth-order valence-corrected chi connectivity index (χ4v) is 3.94. The molecule has 0 radical (unpaired) electrons. The number of halogens is 2. The summed E-state index contributed by atoms with van der Waals surface area (Å²) in [5, 5.41) is 3.75. The number of carbonyl (C=O) groups is 1. The van der Waals surface area contributed by atoms with Gasteiger partial charge in [-0.05, 0) is 36.8 Å². The third-order valence-electron chi connectivity index (χ3n) is 4.25. The summed E-state index contributed by atoms with van der Waals surface area (Å²) in [6, 6.07) is 12.1. The van der Waals surface area contributed by atoms with Crippen molar-refractivity contribution in [1.82, 2.24) is 14.9 Å². The van der Waals surface area contributed by atoms with Crippen LogP contribution in [0.15, 0.2) is 42.5 Å². The molecular weight excluding hydrogens is 421 g/mol. The summed E-state index contributed by atoms with van der Waals surface area (Å²) in [4.78, 5) is 17.0. The Hall–Kier alpha value is -2.09. The Labute approximate surface area is 173 Å². The maximum atomic E-state index is 12.6. The van der Waals surface area contributed by atoms with Crippen LogP contribution in [0.3, 0.4) is 0 Å². The Bertz CT molecular complexity index is 1140. The monoisotopic (exact) mass is 439 g/mol. The van der Waals surface area contributed by atoms with Crippen molar-refractivity contribution in [3.05, 3.63) is 63.9 Å². The summed E-state index contributed by atoms with van der Waals surface area (Å²) in [6.45, 7) is 1.79. The quantitative estimate of drug-likeness (QED) is 0.633. The normalized spacial score (nSPS) is 12.9. The largest absolute Gasteiger partial charge is 0.348 e. The van der Waals surface area contributed by atoms with E-state index in [1.165, 1.54) is 0 Å². The molecule has 3 rings (SSSR count). The van der Waals surface area contributed by atoms with Crippen LogP contribution in [0, 0.1) is 0 Å². The van der Waals surface area contributed by atoms with E-state index in [2.05, 4.69) is 10.3 Å². The number of rotatable bonds is 6. The zero-order chi connectivity index (χ0) is 20.5. The first kappa shape index (κ1) is 20.6. The van der Waals surface area contributed by atoms with E-state index in [9.17, 15) is 13.2 Å². The number of para-hydroxylation sites is 2. The third kappa shape index (κ3) is 4.84. The van der Waals surface area contributed by atoms with Gasteiger partial charge in [-0.1, -0.05) is 41.4 Å². The van der Waals surface area contributed by atoms with Crippen molar-refractivity contribution in [3.63, 3.8) is 0 Å². The molecule has 1 heterocycles. The number of imidazole rings is 1. The van der Waals surface area contributed by atoms with Crippen LogP contribution in [0.25, 0.3) is 11.0 Å². The molecular formula is C19H19Cl2N3O3S. The minimum atomic E-state index is -3.30. The number of nitrogens with zero attached hydrogens (tertiary/aromatic N) is 2. The number of fused-ring (bicyclic) bond motifs is 1. The number of hydrogen-bond donors (Lipinski definition) is 1. The zero-order valence-electron chi connectivity index (χ0n) is 15.3. The molecule has 0 aliphatic heterocycles. The topological polar surface area (TPSA) is 81.1 Å². The molecule has 0 aliphatic carbocycles. The summed E-state index contributed by atoms with van der Waals surface area (Å²) in [7, 11) is -3.30. The van der Waals surface area contributed by atoms with E-state index >= 15 is 0 Å². The highest BCUT2D eigenvalue weighted by molar-refractivity contribution is 7.89. The predicted molar refractivity (Wildman–Crippen MR) is 111 cm³/mol. The number of nitrogens with one attached hydrogen (secondary N) is 1. The highest BCUT2D eigenvalue weighted by atomic mass is 35.5. The van der Waals surface area contributed by atoms with Crippen LogP contribution in [0.1, 0.15) is 24.4 Å². The molecule has 28 heavy (non-hydrogen) atoms. The second kappa shape index (κ2) is 8.11. The van der Waals surface area contributed by atoms with Crippen molar-refractivity contribution in [2.45, 2.75) is 25.3 Å². The zero-order valence-corrected chi connectivity index (χ0v) is 17.6. The molecule has 1 unspecified atom stereocenters. The summed E-state index contributed by atoms with van der Waals surface area (Å²) in [5.41, 5.74) is 2.17. The number of carbonyl (C=O) groups excluding carboxylic acids is 1. The van der Waals surface area contributed by atoms with Crippen molar-refractivity contribution < 1.29 is 13.2 Å². The summed E-state index contributed by atoms with van der Waals surface area (Å²) >= 11 is 12.0. The van der Waals surface area contributed by atoms with Crippen LogP contribution < -0.4 is 5.32 Å². The Morgan fingerprint density at radius 2 is 1.89 bits per heavy atom. The maximum Gasteiger partial charge on any atom is 0.240 e. The van der Waals surface area contributed by atoms with Gasteiger partial charge >= 0.3 is 0 Å². The maximum absolute atomic E-state index is 12.6. The first-order valence-corrected chi connectivity index (χ1v) is 11.3. The molecule has 0 spiro atoms. The number of benzene rings is 2. The Morgan fingerprint density at radius 3 is 2.57 bits per heavy atom. The highest BCUT2D eigenvalue weighted by Gasteiger charge is 2.18. The fourth-order valence-electron chi connectivity index (χ4n) is 2.94. The van der Waals surface area contributed by atoms with Crippen LogP contribution in [0.5, 0.6) is 0 Å². The molecule has 1 atom stereocenters. The van der Waals surface area contributed by atoms with Crippen molar-refractivity contribution in [1.29, 1.82) is 0 Å². The lowest BCUT2D eigenvalue weighted by Gasteiger charge is -2.16. The minimum Gasteiger partial charge on any atom is -0.348 e. The minimum absolute atomic E-state index is 0.0446. The van der Waals surface area contributed by atoms with Gasteiger partial charge in [-0.15, -0.1) is 0 Å². The summed E-state index contributed by atoms with van der Waals surface area (Å²) < 4.78 is 25.2. The molecule has 0 aliphatic rings. The van der Waals surface area contributed by atoms with Gasteiger partial charge in [0.1, 0.15) is 18.1 Å². The average Bonchev–Trinajstić information content (AvgIpc) is 2.92. The summed E-state index contributed by atoms with van der Waals surface area (Å²) in [6.07, 6.45) is 1.14. The van der Waals surface area contributed by atoms with Crippen molar-refractivity contribution >= 4 is 50.0 Å². The fraction of sp³-hybridized carbons (Fsp3) is 0.263. The van der Waals surface area contributed by atoms with Crippen LogP contribution in [0.2, 0.25) is 10.0 Å². The van der Waals surface area contributed by atoms with Crippen LogP contribution in [-0.4, -0.2) is 30.1 Å². The van der Waals surface area contributed by atoms with E-state index in [4.69, 9.17) is 23.2 Å². The summed E-state index contributed by atoms with van der Waals surface area (Å²) in [5.74, 6) is -0.172. The van der Waals surface area contributed by atoms with E-state index in [0.717, 1.165) is 11.8 Å². The van der Waals surface area contributed by atoms with Crippen LogP contribution >= 0.6 is 23.2 Å². The van der Waals surface area contributed by atoms with Gasteiger partial charge in [-0.25, -0.2) is 13.4 Å². The van der Waals surface area contributed by atoms with E-state index in [-0.39, 0.29) is 24.2 Å². The molecule has 0 saturated heterocycles. The van der Waals surface area contributed by atoms with Gasteiger partial charge in [0, 0.05) is 6.26 Å². The Balaban J connectivity index is 1.84. The van der Waals surface area contributed by atoms with E-state index in [1.54, 1.807) is 28.8 Å². The van der Waals surface area contributed by atoms with Gasteiger partial charge < -0.3 is 9.88 Å². The SMILES string of the molecule is CC(NC(=O)Cn1c(CS(C)(=O)=O)nc2ccccc21)c1ccc(Cl)c(Cl)c1. The van der Waals surface area contributed by atoms with Gasteiger partial charge in [0.05, 0.1) is 27.1 Å². The lowest BCUT2D eigenvalue weighted by atomic mass is 10.1. The van der Waals surface area contributed by atoms with Crippen molar-refractivity contribution in [2.24, 2.45) is 0 Å². The second-order valence-corrected chi connectivity index (χ2v) is 9.59. The third-order valence-corrected chi connectivity index (χ3v) is 5.77. The Kier molecular flexibility index (Phi) is 5.98. The smallest absolute Gasteiger partial charge is 0.240 e. The van der Waals surface area contributed by atoms with Gasteiger partial charge in [-0.3, -0.25) is 4.79 Å². The second-order valence-electron chi connectivity index (χ2n) is 6.64. The number of sulfone groups is 1. The molecule has 1 N–H and O–H groups in total. The molecule has 3 aromatic rings. The molecule has 148 valence electrons. The number of aromatic nitrogens is 2. The van der Waals surface area contributed by atoms with Gasteiger partial charge in [-0.2, -0.15) is 0 Å². The van der Waals surface area contributed by atoms with E-state index in [1.807, 2.05) is 25.1 Å². The van der Waals surface area contributed by atoms with Crippen molar-refractivity contribution in [2.75, 3.05) is 6.26 Å². The molecule has 0 saturated carbocycles. The molecule has 0 fully saturated rings. The van der Waals surface area contributed by atoms with Crippen LogP contribution in [0.4, 0.5) is 0 Å². The molecule has 0 bridgehead atoms. The first-order valence-electron chi connectivity index (χ1n) is 8.50. The highest BCUT2D eigenvalue weighted by Crippen LogP contribution is 2.25. The molecule has 9 heteroatoms.